The number of aliphatic hydroxyl groups is 1. The quantitative estimate of drug-likeness (QED) is 0.836. The van der Waals surface area contributed by atoms with Gasteiger partial charge in [0.1, 0.15) is 5.60 Å². The molecule has 1 saturated heterocycles. The molecule has 108 valence electrons. The Morgan fingerprint density at radius 2 is 2.45 bits per heavy atom. The third-order valence-electron chi connectivity index (χ3n) is 3.50. The van der Waals surface area contributed by atoms with Gasteiger partial charge in [0, 0.05) is 30.7 Å². The van der Waals surface area contributed by atoms with Crippen LogP contribution in [0.2, 0.25) is 5.02 Å². The number of hydrogen-bond donors (Lipinski definition) is 2. The van der Waals surface area contributed by atoms with Crippen molar-refractivity contribution in [3.05, 3.63) is 40.9 Å². The van der Waals surface area contributed by atoms with Gasteiger partial charge in [-0.15, -0.1) is 0 Å². The maximum absolute atomic E-state index is 11.7. The number of hydrogen-bond acceptors (Lipinski definition) is 3. The lowest BCUT2D eigenvalue weighted by molar-refractivity contribution is -0.118. The molecule has 20 heavy (non-hydrogen) atoms. The zero-order valence-electron chi connectivity index (χ0n) is 11.3. The van der Waals surface area contributed by atoms with Gasteiger partial charge in [0.25, 0.3) is 0 Å². The van der Waals surface area contributed by atoms with Crippen LogP contribution in [0.3, 0.4) is 0 Å². The van der Waals surface area contributed by atoms with Gasteiger partial charge in [-0.25, -0.2) is 0 Å². The van der Waals surface area contributed by atoms with Crippen molar-refractivity contribution in [1.82, 2.24) is 5.32 Å². The molecule has 1 aliphatic heterocycles. The van der Waals surface area contributed by atoms with Crippen molar-refractivity contribution in [3.63, 3.8) is 0 Å². The summed E-state index contributed by atoms with van der Waals surface area (Å²) in [6, 6.07) is 7.22. The fraction of sp³-hybridized carbons (Fsp3) is 0.400. The molecule has 0 saturated carbocycles. The molecule has 0 radical (unpaired) electrons. The summed E-state index contributed by atoms with van der Waals surface area (Å²) < 4.78 is 5.31. The second-order valence-corrected chi connectivity index (χ2v) is 5.41. The highest BCUT2D eigenvalue weighted by molar-refractivity contribution is 6.30. The van der Waals surface area contributed by atoms with E-state index in [4.69, 9.17) is 16.3 Å². The van der Waals surface area contributed by atoms with Crippen molar-refractivity contribution < 1.29 is 14.6 Å². The molecule has 1 aromatic rings. The third-order valence-corrected chi connectivity index (χ3v) is 3.74. The molecule has 0 spiro atoms. The Balaban J connectivity index is 1.87. The summed E-state index contributed by atoms with van der Waals surface area (Å²) in [6.07, 6.45) is 3.38. The molecule has 1 heterocycles. The van der Waals surface area contributed by atoms with E-state index >= 15 is 0 Å². The van der Waals surface area contributed by atoms with Gasteiger partial charge in [0.2, 0.25) is 5.91 Å². The maximum atomic E-state index is 11.7. The second-order valence-electron chi connectivity index (χ2n) is 4.97. The summed E-state index contributed by atoms with van der Waals surface area (Å²) in [4.78, 5) is 11.7. The Hall–Kier alpha value is -1.36. The lowest BCUT2D eigenvalue weighted by Crippen LogP contribution is -2.47. The van der Waals surface area contributed by atoms with Crippen LogP contribution in [0.25, 0.3) is 6.08 Å². The highest BCUT2D eigenvalue weighted by atomic mass is 35.5. The van der Waals surface area contributed by atoms with E-state index in [2.05, 4.69) is 5.32 Å². The smallest absolute Gasteiger partial charge is 0.244 e. The third kappa shape index (κ3) is 3.82. The summed E-state index contributed by atoms with van der Waals surface area (Å²) in [5, 5.41) is 13.6. The topological polar surface area (TPSA) is 58.6 Å². The lowest BCUT2D eigenvalue weighted by Gasteiger charge is -2.25. The van der Waals surface area contributed by atoms with Crippen LogP contribution in [0.5, 0.6) is 0 Å². The molecule has 1 aliphatic rings. The number of amides is 1. The average Bonchev–Trinajstić information content (AvgIpc) is 2.75. The molecule has 2 rings (SSSR count). The second kappa shape index (κ2) is 6.39. The average molecular weight is 296 g/mol. The van der Waals surface area contributed by atoms with Gasteiger partial charge in [0.15, 0.2) is 0 Å². The van der Waals surface area contributed by atoms with Crippen LogP contribution >= 0.6 is 11.6 Å². The van der Waals surface area contributed by atoms with Crippen LogP contribution < -0.4 is 5.32 Å². The van der Waals surface area contributed by atoms with E-state index in [9.17, 15) is 9.90 Å². The van der Waals surface area contributed by atoms with Crippen LogP contribution in [0, 0.1) is 0 Å². The fourth-order valence-electron chi connectivity index (χ4n) is 2.08. The summed E-state index contributed by atoms with van der Waals surface area (Å²) in [7, 11) is 0. The van der Waals surface area contributed by atoms with Gasteiger partial charge in [-0.2, -0.15) is 0 Å². The van der Waals surface area contributed by atoms with Gasteiger partial charge in [-0.05, 0) is 30.7 Å². The normalized spacial score (nSPS) is 26.1. The van der Waals surface area contributed by atoms with Gasteiger partial charge in [-0.1, -0.05) is 23.7 Å². The predicted octanol–water partition coefficient (Wildman–Crippen LogP) is 2.01. The van der Waals surface area contributed by atoms with Gasteiger partial charge in [0.05, 0.1) is 6.10 Å². The van der Waals surface area contributed by atoms with Gasteiger partial charge < -0.3 is 15.2 Å². The number of ether oxygens (including phenoxy) is 1. The minimum atomic E-state index is -0.973. The van der Waals surface area contributed by atoms with Crippen molar-refractivity contribution in [2.75, 3.05) is 13.2 Å². The first kappa shape index (κ1) is 15.0. The molecule has 2 atom stereocenters. The van der Waals surface area contributed by atoms with E-state index in [1.807, 2.05) is 12.1 Å². The minimum absolute atomic E-state index is 0.187. The summed E-state index contributed by atoms with van der Waals surface area (Å²) >= 11 is 5.86. The summed E-state index contributed by atoms with van der Waals surface area (Å²) in [5.41, 5.74) is -0.122. The van der Waals surface area contributed by atoms with E-state index < -0.39 is 5.60 Å². The SMILES string of the molecule is CC1OCCC1(O)CNC(=O)/C=C/c1cccc(Cl)c1. The zero-order chi connectivity index (χ0) is 14.6. The molecule has 0 aromatic heterocycles. The molecular weight excluding hydrogens is 278 g/mol. The molecular formula is C15H18ClNO3. The van der Waals surface area contributed by atoms with E-state index in [1.54, 1.807) is 25.1 Å². The Bertz CT molecular complexity index is 518. The number of halogens is 1. The highest BCUT2D eigenvalue weighted by Gasteiger charge is 2.39. The van der Waals surface area contributed by atoms with Crippen molar-refractivity contribution in [2.24, 2.45) is 0 Å². The van der Waals surface area contributed by atoms with Crippen molar-refractivity contribution >= 4 is 23.6 Å². The molecule has 0 bridgehead atoms. The predicted molar refractivity (Wildman–Crippen MR) is 78.5 cm³/mol. The van der Waals surface area contributed by atoms with Crippen LogP contribution in [0.15, 0.2) is 30.3 Å². The first-order valence-electron chi connectivity index (χ1n) is 6.55. The number of benzene rings is 1. The van der Waals surface area contributed by atoms with Crippen LogP contribution in [0.1, 0.15) is 18.9 Å². The molecule has 0 aliphatic carbocycles. The lowest BCUT2D eigenvalue weighted by atomic mass is 9.97. The highest BCUT2D eigenvalue weighted by Crippen LogP contribution is 2.24. The Morgan fingerprint density at radius 3 is 3.10 bits per heavy atom. The minimum Gasteiger partial charge on any atom is -0.385 e. The number of carbonyl (C=O) groups excluding carboxylic acids is 1. The summed E-state index contributed by atoms with van der Waals surface area (Å²) in [6.45, 7) is 2.51. The maximum Gasteiger partial charge on any atom is 0.244 e. The Labute approximate surface area is 123 Å². The van der Waals surface area contributed by atoms with Crippen molar-refractivity contribution in [3.8, 4) is 0 Å². The molecule has 1 amide bonds. The molecule has 2 unspecified atom stereocenters. The molecule has 5 heteroatoms. The fourth-order valence-corrected chi connectivity index (χ4v) is 2.28. The van der Waals surface area contributed by atoms with E-state index in [0.29, 0.717) is 18.1 Å². The van der Waals surface area contributed by atoms with Crippen molar-refractivity contribution in [2.45, 2.75) is 25.0 Å². The molecule has 2 N–H and O–H groups in total. The number of nitrogens with one attached hydrogen (secondary N) is 1. The van der Waals surface area contributed by atoms with Crippen LogP contribution in [0.4, 0.5) is 0 Å². The number of rotatable bonds is 4. The van der Waals surface area contributed by atoms with Crippen molar-refractivity contribution in [1.29, 1.82) is 0 Å². The van der Waals surface area contributed by atoms with E-state index in [-0.39, 0.29) is 18.6 Å². The summed E-state index contributed by atoms with van der Waals surface area (Å²) in [5.74, 6) is -0.252. The first-order chi connectivity index (χ1) is 9.49. The molecule has 1 aromatic carbocycles. The van der Waals surface area contributed by atoms with Crippen LogP contribution in [-0.2, 0) is 9.53 Å². The first-order valence-corrected chi connectivity index (χ1v) is 6.93. The zero-order valence-corrected chi connectivity index (χ0v) is 12.1. The van der Waals surface area contributed by atoms with E-state index in [0.717, 1.165) is 5.56 Å². The Kier molecular flexibility index (Phi) is 4.81. The van der Waals surface area contributed by atoms with Crippen LogP contribution in [-0.4, -0.2) is 35.9 Å². The standard InChI is InChI=1S/C15H18ClNO3/c1-11-15(19,7-8-20-11)10-17-14(18)6-5-12-3-2-4-13(16)9-12/h2-6,9,11,19H,7-8,10H2,1H3,(H,17,18)/b6-5+. The molecule has 4 nitrogen and oxygen atoms in total. The monoisotopic (exact) mass is 295 g/mol. The van der Waals surface area contributed by atoms with E-state index in [1.165, 1.54) is 6.08 Å². The number of carbonyl (C=O) groups is 1. The molecule has 1 fully saturated rings. The van der Waals surface area contributed by atoms with Gasteiger partial charge in [-0.3, -0.25) is 4.79 Å². The Morgan fingerprint density at radius 1 is 1.65 bits per heavy atom. The van der Waals surface area contributed by atoms with Gasteiger partial charge >= 0.3 is 0 Å². The largest absolute Gasteiger partial charge is 0.385 e.